The molecule has 3 rings (SSSR count). The summed E-state index contributed by atoms with van der Waals surface area (Å²) in [5.74, 6) is -0.968. The Hall–Kier alpha value is -2.04. The van der Waals surface area contributed by atoms with E-state index in [-0.39, 0.29) is 23.9 Å². The molecule has 1 aromatic rings. The third kappa shape index (κ3) is 2.67. The number of ether oxygens (including phenoxy) is 2. The van der Waals surface area contributed by atoms with E-state index in [2.05, 4.69) is 0 Å². The number of phenols is 1. The predicted octanol–water partition coefficient (Wildman–Crippen LogP) is 2.38. The number of hydrogen-bond donors (Lipinski definition) is 1. The van der Waals surface area contributed by atoms with Gasteiger partial charge in [-0.15, -0.1) is 0 Å². The fraction of sp³-hybridized carbons (Fsp3) is 0.529. The quantitative estimate of drug-likeness (QED) is 0.865. The number of rotatable bonds is 4. The number of methoxy groups -OCH3 is 1. The van der Waals surface area contributed by atoms with Gasteiger partial charge in [-0.3, -0.25) is 4.79 Å². The summed E-state index contributed by atoms with van der Waals surface area (Å²) in [5.41, 5.74) is 1.72. The van der Waals surface area contributed by atoms with Crippen LogP contribution in [0.1, 0.15) is 47.2 Å². The number of fused-ring (bicyclic) bond motifs is 1. The standard InChI is InChI=1S/C17H20O5/c1-21-16(20)17(6-7-17)10-22-15(19)13-8-11-4-2-3-5-12(11)9-14(13)18/h8-9,18H,2-7,10H2,1H3. The van der Waals surface area contributed by atoms with Crippen molar-refractivity contribution in [1.29, 1.82) is 0 Å². The normalized spacial score (nSPS) is 18.2. The zero-order valence-corrected chi connectivity index (χ0v) is 12.7. The molecule has 5 nitrogen and oxygen atoms in total. The second-order valence-corrected chi connectivity index (χ2v) is 6.19. The van der Waals surface area contributed by atoms with Gasteiger partial charge in [0.05, 0.1) is 7.11 Å². The van der Waals surface area contributed by atoms with Crippen LogP contribution >= 0.6 is 0 Å². The van der Waals surface area contributed by atoms with Gasteiger partial charge in [0, 0.05) is 0 Å². The predicted molar refractivity (Wildman–Crippen MR) is 78.7 cm³/mol. The molecule has 0 aromatic heterocycles. The van der Waals surface area contributed by atoms with Gasteiger partial charge in [0.15, 0.2) is 0 Å². The number of benzene rings is 1. The molecule has 0 amide bonds. The number of carbonyl (C=O) groups is 2. The van der Waals surface area contributed by atoms with E-state index in [0.717, 1.165) is 36.8 Å². The molecule has 0 atom stereocenters. The van der Waals surface area contributed by atoms with Gasteiger partial charge in [-0.1, -0.05) is 0 Å². The Morgan fingerprint density at radius 3 is 2.41 bits per heavy atom. The molecule has 1 aromatic carbocycles. The fourth-order valence-corrected chi connectivity index (χ4v) is 2.99. The Morgan fingerprint density at radius 1 is 1.18 bits per heavy atom. The van der Waals surface area contributed by atoms with Crippen LogP contribution in [0.15, 0.2) is 12.1 Å². The lowest BCUT2D eigenvalue weighted by atomic mass is 9.90. The smallest absolute Gasteiger partial charge is 0.341 e. The second kappa shape index (κ2) is 5.63. The monoisotopic (exact) mass is 304 g/mol. The molecule has 0 bridgehead atoms. The number of hydrogen-bond acceptors (Lipinski definition) is 5. The summed E-state index contributed by atoms with van der Waals surface area (Å²) in [6.45, 7) is 0.00896. The summed E-state index contributed by atoms with van der Waals surface area (Å²) in [6.07, 6.45) is 5.40. The molecule has 22 heavy (non-hydrogen) atoms. The molecule has 0 heterocycles. The van der Waals surface area contributed by atoms with Gasteiger partial charge in [0.2, 0.25) is 0 Å². The minimum absolute atomic E-state index is 0.00896. The Kier molecular flexibility index (Phi) is 3.81. The van der Waals surface area contributed by atoms with Crippen LogP contribution in [-0.4, -0.2) is 30.8 Å². The molecule has 0 saturated heterocycles. The van der Waals surface area contributed by atoms with Crippen LogP contribution in [0, 0.1) is 5.41 Å². The molecular formula is C17H20O5. The van der Waals surface area contributed by atoms with Crippen LogP contribution in [0.2, 0.25) is 0 Å². The fourth-order valence-electron chi connectivity index (χ4n) is 2.99. The zero-order chi connectivity index (χ0) is 15.7. The lowest BCUT2D eigenvalue weighted by molar-refractivity contribution is -0.148. The van der Waals surface area contributed by atoms with E-state index in [0.29, 0.717) is 12.8 Å². The van der Waals surface area contributed by atoms with Gasteiger partial charge in [0.1, 0.15) is 23.3 Å². The van der Waals surface area contributed by atoms with Crippen molar-refractivity contribution in [3.8, 4) is 5.75 Å². The Bertz CT molecular complexity index is 616. The van der Waals surface area contributed by atoms with Crippen LogP contribution in [-0.2, 0) is 27.1 Å². The molecule has 1 N–H and O–H groups in total. The molecule has 0 aliphatic heterocycles. The summed E-state index contributed by atoms with van der Waals surface area (Å²) in [6, 6.07) is 3.39. The topological polar surface area (TPSA) is 72.8 Å². The van der Waals surface area contributed by atoms with E-state index < -0.39 is 11.4 Å². The summed E-state index contributed by atoms with van der Waals surface area (Å²) in [7, 11) is 1.33. The van der Waals surface area contributed by atoms with Crippen LogP contribution in [0.5, 0.6) is 5.75 Å². The number of carbonyl (C=O) groups excluding carboxylic acids is 2. The van der Waals surface area contributed by atoms with E-state index in [1.54, 1.807) is 12.1 Å². The molecule has 5 heteroatoms. The van der Waals surface area contributed by atoms with E-state index in [1.807, 2.05) is 0 Å². The van der Waals surface area contributed by atoms with Gasteiger partial charge in [0.25, 0.3) is 0 Å². The number of esters is 2. The van der Waals surface area contributed by atoms with E-state index in [1.165, 1.54) is 7.11 Å². The van der Waals surface area contributed by atoms with E-state index >= 15 is 0 Å². The molecule has 118 valence electrons. The maximum Gasteiger partial charge on any atom is 0.341 e. The van der Waals surface area contributed by atoms with Crippen molar-refractivity contribution in [1.82, 2.24) is 0 Å². The first-order chi connectivity index (χ1) is 10.6. The largest absolute Gasteiger partial charge is 0.507 e. The van der Waals surface area contributed by atoms with Crippen LogP contribution < -0.4 is 0 Å². The average Bonchev–Trinajstić information content (AvgIpc) is 3.32. The van der Waals surface area contributed by atoms with Crippen LogP contribution in [0.25, 0.3) is 0 Å². The zero-order valence-electron chi connectivity index (χ0n) is 12.7. The number of phenolic OH excluding ortho intramolecular Hbond substituents is 1. The molecular weight excluding hydrogens is 284 g/mol. The molecule has 0 spiro atoms. The van der Waals surface area contributed by atoms with Crippen molar-refractivity contribution in [2.45, 2.75) is 38.5 Å². The lowest BCUT2D eigenvalue weighted by Gasteiger charge is -2.18. The van der Waals surface area contributed by atoms with Crippen molar-refractivity contribution in [3.63, 3.8) is 0 Å². The molecule has 2 aliphatic carbocycles. The number of aryl methyl sites for hydroxylation is 2. The SMILES string of the molecule is COC(=O)C1(COC(=O)c2cc3c(cc2O)CCCC3)CC1. The molecule has 0 radical (unpaired) electrons. The van der Waals surface area contributed by atoms with Gasteiger partial charge in [-0.25, -0.2) is 4.79 Å². The summed E-state index contributed by atoms with van der Waals surface area (Å²) >= 11 is 0. The Labute approximate surface area is 129 Å². The maximum atomic E-state index is 12.2. The molecule has 2 aliphatic rings. The highest BCUT2D eigenvalue weighted by atomic mass is 16.5. The molecule has 1 fully saturated rings. The highest BCUT2D eigenvalue weighted by Crippen LogP contribution is 2.47. The summed E-state index contributed by atoms with van der Waals surface area (Å²) in [4.78, 5) is 23.8. The van der Waals surface area contributed by atoms with Crippen molar-refractivity contribution in [2.75, 3.05) is 13.7 Å². The third-order valence-electron chi connectivity index (χ3n) is 4.63. The summed E-state index contributed by atoms with van der Waals surface area (Å²) < 4.78 is 9.98. The Morgan fingerprint density at radius 2 is 1.82 bits per heavy atom. The van der Waals surface area contributed by atoms with Gasteiger partial charge >= 0.3 is 11.9 Å². The average molecular weight is 304 g/mol. The van der Waals surface area contributed by atoms with E-state index in [9.17, 15) is 14.7 Å². The maximum absolute atomic E-state index is 12.2. The first kappa shape index (κ1) is 14.9. The highest BCUT2D eigenvalue weighted by molar-refractivity contribution is 5.93. The van der Waals surface area contributed by atoms with E-state index in [4.69, 9.17) is 9.47 Å². The van der Waals surface area contributed by atoms with Crippen LogP contribution in [0.4, 0.5) is 0 Å². The minimum atomic E-state index is -0.672. The first-order valence-corrected chi connectivity index (χ1v) is 7.66. The Balaban J connectivity index is 1.71. The molecule has 1 saturated carbocycles. The second-order valence-electron chi connectivity index (χ2n) is 6.19. The highest BCUT2D eigenvalue weighted by Gasteiger charge is 2.52. The van der Waals surface area contributed by atoms with Gasteiger partial charge in [-0.05, 0) is 61.8 Å². The minimum Gasteiger partial charge on any atom is -0.507 e. The number of aromatic hydroxyl groups is 1. The molecule has 0 unspecified atom stereocenters. The van der Waals surface area contributed by atoms with Crippen molar-refractivity contribution in [2.24, 2.45) is 5.41 Å². The van der Waals surface area contributed by atoms with Crippen molar-refractivity contribution in [3.05, 3.63) is 28.8 Å². The lowest BCUT2D eigenvalue weighted by Crippen LogP contribution is -2.25. The first-order valence-electron chi connectivity index (χ1n) is 7.66. The summed E-state index contributed by atoms with van der Waals surface area (Å²) in [5, 5.41) is 10.0. The van der Waals surface area contributed by atoms with Crippen molar-refractivity contribution < 1.29 is 24.2 Å². The third-order valence-corrected chi connectivity index (χ3v) is 4.63. The van der Waals surface area contributed by atoms with Crippen LogP contribution in [0.3, 0.4) is 0 Å². The van der Waals surface area contributed by atoms with Crippen molar-refractivity contribution >= 4 is 11.9 Å². The van der Waals surface area contributed by atoms with Gasteiger partial charge < -0.3 is 14.6 Å². The van der Waals surface area contributed by atoms with Gasteiger partial charge in [-0.2, -0.15) is 0 Å².